The lowest BCUT2D eigenvalue weighted by Gasteiger charge is -2.11. The molecular formula is C14H15F3N6O3S. The summed E-state index contributed by atoms with van der Waals surface area (Å²) in [6, 6.07) is -0.131. The highest BCUT2D eigenvalue weighted by Gasteiger charge is 2.38. The molecule has 9 nitrogen and oxygen atoms in total. The summed E-state index contributed by atoms with van der Waals surface area (Å²) in [4.78, 5) is 29.4. The van der Waals surface area contributed by atoms with Gasteiger partial charge in [0.15, 0.2) is 0 Å². The number of alkyl halides is 3. The molecule has 3 N–H and O–H groups in total. The van der Waals surface area contributed by atoms with Crippen LogP contribution in [-0.4, -0.2) is 48.2 Å². The molecular weight excluding hydrogens is 389 g/mol. The fourth-order valence-corrected chi connectivity index (χ4v) is 3.07. The topological polar surface area (TPSA) is 122 Å². The van der Waals surface area contributed by atoms with Gasteiger partial charge in [-0.15, -0.1) is 0 Å². The van der Waals surface area contributed by atoms with Crippen LogP contribution in [0.1, 0.15) is 30.4 Å². The summed E-state index contributed by atoms with van der Waals surface area (Å²) in [5.41, 5.74) is 0. The van der Waals surface area contributed by atoms with Gasteiger partial charge in [-0.05, 0) is 12.8 Å². The Hall–Kier alpha value is -2.70. The normalized spacial score (nSPS) is 18.3. The van der Waals surface area contributed by atoms with E-state index in [1.807, 2.05) is 6.20 Å². The zero-order valence-corrected chi connectivity index (χ0v) is 14.5. The van der Waals surface area contributed by atoms with Gasteiger partial charge in [-0.25, -0.2) is 19.6 Å². The number of aromatic nitrogens is 4. The van der Waals surface area contributed by atoms with Gasteiger partial charge in [-0.1, -0.05) is 0 Å². The Balaban J connectivity index is 0.000000260. The molecule has 3 heterocycles. The average Bonchev–Trinajstić information content (AvgIpc) is 2.96. The van der Waals surface area contributed by atoms with Gasteiger partial charge in [0.2, 0.25) is 5.13 Å². The molecule has 1 saturated carbocycles. The van der Waals surface area contributed by atoms with Crippen LogP contribution >= 0.6 is 11.5 Å². The van der Waals surface area contributed by atoms with Gasteiger partial charge < -0.3 is 15.0 Å². The molecule has 146 valence electrons. The van der Waals surface area contributed by atoms with Crippen molar-refractivity contribution in [2.75, 3.05) is 5.32 Å². The number of carbonyl (C=O) groups excluding carboxylic acids is 1. The molecule has 1 aliphatic heterocycles. The molecule has 0 spiro atoms. The first-order chi connectivity index (χ1) is 12.7. The fraction of sp³-hybridized carbons (Fsp3) is 0.500. The number of hydrogen-bond donors (Lipinski definition) is 3. The van der Waals surface area contributed by atoms with Gasteiger partial charge in [0.25, 0.3) is 0 Å². The molecule has 1 fully saturated rings. The van der Waals surface area contributed by atoms with E-state index in [0.29, 0.717) is 11.0 Å². The fourth-order valence-electron chi connectivity index (χ4n) is 2.43. The van der Waals surface area contributed by atoms with Crippen molar-refractivity contribution < 1.29 is 27.9 Å². The molecule has 27 heavy (non-hydrogen) atoms. The third-order valence-electron chi connectivity index (χ3n) is 3.83. The van der Waals surface area contributed by atoms with Gasteiger partial charge in [0.1, 0.15) is 11.6 Å². The Morgan fingerprint density at radius 1 is 1.33 bits per heavy atom. The number of carboxylic acids is 1. The zero-order valence-electron chi connectivity index (χ0n) is 13.7. The van der Waals surface area contributed by atoms with Gasteiger partial charge in [0, 0.05) is 42.8 Å². The number of nitrogens with one attached hydrogen (secondary N) is 2. The third-order valence-corrected chi connectivity index (χ3v) is 4.47. The van der Waals surface area contributed by atoms with Crippen LogP contribution < -0.4 is 10.6 Å². The van der Waals surface area contributed by atoms with E-state index >= 15 is 0 Å². The highest BCUT2D eigenvalue weighted by Crippen LogP contribution is 2.39. The van der Waals surface area contributed by atoms with Crippen molar-refractivity contribution in [3.8, 4) is 0 Å². The summed E-state index contributed by atoms with van der Waals surface area (Å²) >= 11 is 1.24. The van der Waals surface area contributed by atoms with E-state index in [0.717, 1.165) is 37.5 Å². The van der Waals surface area contributed by atoms with Gasteiger partial charge in [0.05, 0.1) is 6.04 Å². The van der Waals surface area contributed by atoms with E-state index in [-0.39, 0.29) is 12.1 Å². The highest BCUT2D eigenvalue weighted by atomic mass is 32.1. The van der Waals surface area contributed by atoms with Crippen LogP contribution in [0, 0.1) is 0 Å². The second kappa shape index (κ2) is 7.50. The van der Waals surface area contributed by atoms with Gasteiger partial charge >= 0.3 is 18.2 Å². The maximum absolute atomic E-state index is 11.9. The van der Waals surface area contributed by atoms with Gasteiger partial charge in [-0.3, -0.25) is 5.32 Å². The molecule has 2 aliphatic rings. The van der Waals surface area contributed by atoms with Crippen molar-refractivity contribution in [2.24, 2.45) is 0 Å². The molecule has 2 amide bonds. The lowest BCUT2D eigenvalue weighted by molar-refractivity contribution is -0.192. The third kappa shape index (κ3) is 5.15. The number of amides is 2. The predicted octanol–water partition coefficient (Wildman–Crippen LogP) is 1.99. The summed E-state index contributed by atoms with van der Waals surface area (Å²) in [5.74, 6) is -0.363. The molecule has 13 heteroatoms. The SMILES string of the molecule is O=C(Nc1nc(C2CC2)ns1)NC1Cc2nccn2C1.O=C(O)C(F)(F)F. The molecule has 2 aromatic heterocycles. The number of urea groups is 1. The first-order valence-corrected chi connectivity index (χ1v) is 8.71. The van der Waals surface area contributed by atoms with Crippen LogP contribution in [0.5, 0.6) is 0 Å². The van der Waals surface area contributed by atoms with E-state index in [2.05, 4.69) is 29.5 Å². The summed E-state index contributed by atoms with van der Waals surface area (Å²) < 4.78 is 38.1. The van der Waals surface area contributed by atoms with E-state index in [9.17, 15) is 18.0 Å². The van der Waals surface area contributed by atoms with Crippen LogP contribution in [-0.2, 0) is 17.8 Å². The monoisotopic (exact) mass is 404 g/mol. The Kier molecular flexibility index (Phi) is 5.30. The van der Waals surface area contributed by atoms with Crippen molar-refractivity contribution in [1.82, 2.24) is 24.2 Å². The van der Waals surface area contributed by atoms with E-state index in [1.165, 1.54) is 11.5 Å². The molecule has 0 saturated heterocycles. The molecule has 0 bridgehead atoms. The maximum atomic E-state index is 11.9. The van der Waals surface area contributed by atoms with Gasteiger partial charge in [-0.2, -0.15) is 17.5 Å². The largest absolute Gasteiger partial charge is 0.490 e. The predicted molar refractivity (Wildman–Crippen MR) is 87.4 cm³/mol. The number of hydrogen-bond acceptors (Lipinski definition) is 6. The van der Waals surface area contributed by atoms with Crippen molar-refractivity contribution in [2.45, 2.75) is 43.9 Å². The van der Waals surface area contributed by atoms with Crippen molar-refractivity contribution in [3.05, 3.63) is 24.0 Å². The lowest BCUT2D eigenvalue weighted by Crippen LogP contribution is -2.38. The minimum Gasteiger partial charge on any atom is -0.475 e. The summed E-state index contributed by atoms with van der Waals surface area (Å²) in [7, 11) is 0. The number of carbonyl (C=O) groups is 2. The Morgan fingerprint density at radius 3 is 2.63 bits per heavy atom. The number of anilines is 1. The minimum absolute atomic E-state index is 0.0922. The van der Waals surface area contributed by atoms with Crippen LogP contribution in [0.25, 0.3) is 0 Å². The molecule has 0 aromatic carbocycles. The number of rotatable bonds is 3. The van der Waals surface area contributed by atoms with E-state index < -0.39 is 12.1 Å². The van der Waals surface area contributed by atoms with Crippen molar-refractivity contribution in [3.63, 3.8) is 0 Å². The second-order valence-corrected chi connectivity index (χ2v) is 6.78. The lowest BCUT2D eigenvalue weighted by atomic mass is 10.2. The molecule has 1 atom stereocenters. The number of carboxylic acid groups (broad SMARTS) is 1. The smallest absolute Gasteiger partial charge is 0.475 e. The highest BCUT2D eigenvalue weighted by molar-refractivity contribution is 7.09. The first kappa shape index (κ1) is 19.1. The molecule has 1 unspecified atom stereocenters. The van der Waals surface area contributed by atoms with Crippen LogP contribution in [0.2, 0.25) is 0 Å². The molecule has 2 aromatic rings. The minimum atomic E-state index is -5.08. The maximum Gasteiger partial charge on any atom is 0.490 e. The van der Waals surface area contributed by atoms with E-state index in [1.54, 1.807) is 6.20 Å². The van der Waals surface area contributed by atoms with Crippen LogP contribution in [0.4, 0.5) is 23.1 Å². The van der Waals surface area contributed by atoms with Crippen LogP contribution in [0.15, 0.2) is 12.4 Å². The van der Waals surface area contributed by atoms with Crippen molar-refractivity contribution in [1.29, 1.82) is 0 Å². The Morgan fingerprint density at radius 2 is 2.04 bits per heavy atom. The quantitative estimate of drug-likeness (QED) is 0.719. The average molecular weight is 404 g/mol. The first-order valence-electron chi connectivity index (χ1n) is 7.93. The standard InChI is InChI=1S/C12H14N6OS.C2HF3O2/c19-11(14-8-5-9-13-3-4-18(9)6-8)16-12-15-10(17-20-12)7-1-2-7;3-2(4,5)1(6)7/h3-4,7-8H,1-2,5-6H2,(H2,14,15,16,17,19);(H,6,7). The Bertz CT molecular complexity index is 812. The second-order valence-electron chi connectivity index (χ2n) is 6.03. The van der Waals surface area contributed by atoms with E-state index in [4.69, 9.17) is 9.90 Å². The number of halogens is 3. The summed E-state index contributed by atoms with van der Waals surface area (Å²) in [5, 5.41) is 13.4. The van der Waals surface area contributed by atoms with Crippen LogP contribution in [0.3, 0.4) is 0 Å². The summed E-state index contributed by atoms with van der Waals surface area (Å²) in [6.45, 7) is 0.770. The zero-order chi connectivity index (χ0) is 19.6. The summed E-state index contributed by atoms with van der Waals surface area (Å²) in [6.07, 6.45) is 1.73. The number of nitrogens with zero attached hydrogens (tertiary/aromatic N) is 4. The molecule has 1 aliphatic carbocycles. The number of imidazole rings is 1. The number of fused-ring (bicyclic) bond motifs is 1. The van der Waals surface area contributed by atoms with Crippen molar-refractivity contribution >= 4 is 28.7 Å². The Labute approximate surface area is 154 Å². The number of aliphatic carboxylic acids is 1. The molecule has 4 rings (SSSR count). The molecule has 0 radical (unpaired) electrons.